The van der Waals surface area contributed by atoms with Crippen molar-refractivity contribution in [3.05, 3.63) is 0 Å². The van der Waals surface area contributed by atoms with Crippen LogP contribution in [0.5, 0.6) is 0 Å². The maximum absolute atomic E-state index is 11.6. The topological polar surface area (TPSA) is 69.4 Å². The van der Waals surface area contributed by atoms with Gasteiger partial charge in [0.05, 0.1) is 11.5 Å². The Kier molecular flexibility index (Phi) is 6.93. The lowest BCUT2D eigenvalue weighted by Gasteiger charge is -2.07. The zero-order valence-electron chi connectivity index (χ0n) is 8.79. The molecule has 8 heteroatoms. The third-order valence-corrected chi connectivity index (χ3v) is 3.49. The monoisotopic (exact) mass is 263 g/mol. The Bertz CT molecular complexity index is 277. The molecular formula is C8H16F3NO3S. The molecule has 0 bridgehead atoms. The van der Waals surface area contributed by atoms with Crippen LogP contribution >= 0.6 is 0 Å². The van der Waals surface area contributed by atoms with Gasteiger partial charge in [-0.2, -0.15) is 13.2 Å². The van der Waals surface area contributed by atoms with Crippen LogP contribution in [0.1, 0.15) is 12.8 Å². The van der Waals surface area contributed by atoms with E-state index in [4.69, 9.17) is 5.73 Å². The molecule has 0 radical (unpaired) electrons. The summed E-state index contributed by atoms with van der Waals surface area (Å²) in [6, 6.07) is 0. The first-order valence-corrected chi connectivity index (χ1v) is 6.64. The molecule has 0 aliphatic rings. The van der Waals surface area contributed by atoms with Crippen molar-refractivity contribution in [2.24, 2.45) is 5.73 Å². The molecule has 0 rings (SSSR count). The van der Waals surface area contributed by atoms with Gasteiger partial charge >= 0.3 is 6.18 Å². The van der Waals surface area contributed by atoms with Gasteiger partial charge in [0, 0.05) is 6.61 Å². The molecule has 0 saturated heterocycles. The largest absolute Gasteiger partial charge is 0.411 e. The molecule has 16 heavy (non-hydrogen) atoms. The Morgan fingerprint density at radius 2 is 1.69 bits per heavy atom. The van der Waals surface area contributed by atoms with Gasteiger partial charge in [0.25, 0.3) is 0 Å². The summed E-state index contributed by atoms with van der Waals surface area (Å²) in [6.45, 7) is -1.26. The fourth-order valence-electron chi connectivity index (χ4n) is 0.974. The Morgan fingerprint density at radius 3 is 2.19 bits per heavy atom. The van der Waals surface area contributed by atoms with Crippen molar-refractivity contribution in [3.8, 4) is 0 Å². The lowest BCUT2D eigenvalue weighted by Crippen LogP contribution is -2.19. The van der Waals surface area contributed by atoms with Gasteiger partial charge in [-0.25, -0.2) is 8.42 Å². The third kappa shape index (κ3) is 10.2. The quantitative estimate of drug-likeness (QED) is 0.655. The van der Waals surface area contributed by atoms with Crippen LogP contribution in [0, 0.1) is 0 Å². The highest BCUT2D eigenvalue weighted by Crippen LogP contribution is 2.14. The van der Waals surface area contributed by atoms with E-state index in [9.17, 15) is 21.6 Å². The van der Waals surface area contributed by atoms with E-state index < -0.39 is 22.6 Å². The van der Waals surface area contributed by atoms with Crippen molar-refractivity contribution in [2.45, 2.75) is 19.0 Å². The first-order chi connectivity index (χ1) is 7.27. The third-order valence-electron chi connectivity index (χ3n) is 1.67. The molecule has 0 amide bonds. The Hall–Kier alpha value is -0.340. The highest BCUT2D eigenvalue weighted by Gasteiger charge is 2.27. The van der Waals surface area contributed by atoms with Gasteiger partial charge in [0.1, 0.15) is 16.4 Å². The van der Waals surface area contributed by atoms with Gasteiger partial charge in [0.2, 0.25) is 0 Å². The number of rotatable bonds is 8. The average Bonchev–Trinajstić information content (AvgIpc) is 2.12. The van der Waals surface area contributed by atoms with Gasteiger partial charge in [-0.1, -0.05) is 0 Å². The minimum atomic E-state index is -4.36. The molecule has 0 unspecified atom stereocenters. The van der Waals surface area contributed by atoms with Crippen molar-refractivity contribution < 1.29 is 26.3 Å². The van der Waals surface area contributed by atoms with Crippen molar-refractivity contribution >= 4 is 9.84 Å². The van der Waals surface area contributed by atoms with E-state index in [1.165, 1.54) is 0 Å². The minimum absolute atomic E-state index is 0.0250. The second kappa shape index (κ2) is 7.08. The second-order valence-electron chi connectivity index (χ2n) is 3.32. The van der Waals surface area contributed by atoms with Crippen molar-refractivity contribution in [3.63, 3.8) is 0 Å². The summed E-state index contributed by atoms with van der Waals surface area (Å²) >= 11 is 0. The molecule has 0 spiro atoms. The fraction of sp³-hybridized carbons (Fsp3) is 1.00. The van der Waals surface area contributed by atoms with E-state index in [2.05, 4.69) is 4.74 Å². The molecule has 0 aromatic heterocycles. The number of halogens is 3. The maximum atomic E-state index is 11.6. The van der Waals surface area contributed by atoms with E-state index in [0.29, 0.717) is 6.42 Å². The van der Waals surface area contributed by atoms with E-state index >= 15 is 0 Å². The van der Waals surface area contributed by atoms with Crippen LogP contribution in [-0.2, 0) is 14.6 Å². The zero-order chi connectivity index (χ0) is 12.7. The number of hydrogen-bond donors (Lipinski definition) is 1. The summed E-state index contributed by atoms with van der Waals surface area (Å²) in [5, 5.41) is 0. The molecule has 0 aliphatic carbocycles. The molecule has 4 nitrogen and oxygen atoms in total. The average molecular weight is 263 g/mol. The van der Waals surface area contributed by atoms with Crippen molar-refractivity contribution in [2.75, 3.05) is 31.3 Å². The number of sulfone groups is 1. The Morgan fingerprint density at radius 1 is 1.12 bits per heavy atom. The highest BCUT2D eigenvalue weighted by molar-refractivity contribution is 7.91. The molecule has 0 heterocycles. The molecule has 0 aliphatic heterocycles. The van der Waals surface area contributed by atoms with Gasteiger partial charge in [0.15, 0.2) is 0 Å². The lowest BCUT2D eigenvalue weighted by molar-refractivity contribution is -0.173. The molecule has 0 fully saturated rings. The van der Waals surface area contributed by atoms with Gasteiger partial charge in [-0.05, 0) is 19.4 Å². The summed E-state index contributed by atoms with van der Waals surface area (Å²) in [5.41, 5.74) is 5.15. The molecular weight excluding hydrogens is 247 g/mol. The normalized spacial score (nSPS) is 13.0. The summed E-state index contributed by atoms with van der Waals surface area (Å²) < 4.78 is 61.6. The van der Waals surface area contributed by atoms with Crippen molar-refractivity contribution in [1.29, 1.82) is 0 Å². The molecule has 98 valence electrons. The lowest BCUT2D eigenvalue weighted by atomic mass is 10.5. The zero-order valence-corrected chi connectivity index (χ0v) is 9.61. The standard InChI is InChI=1S/C8H16F3NO3S/c9-8(10,11)7-15-4-2-6-16(13,14)5-1-3-12/h1-7,12H2. The Balaban J connectivity index is 3.58. The summed E-state index contributed by atoms with van der Waals surface area (Å²) in [4.78, 5) is 0. The maximum Gasteiger partial charge on any atom is 0.411 e. The predicted molar refractivity (Wildman–Crippen MR) is 53.8 cm³/mol. The van der Waals surface area contributed by atoms with Crippen LogP contribution in [0.2, 0.25) is 0 Å². The van der Waals surface area contributed by atoms with E-state index in [-0.39, 0.29) is 31.1 Å². The number of ether oxygens (including phenoxy) is 1. The second-order valence-corrected chi connectivity index (χ2v) is 5.62. The summed E-state index contributed by atoms with van der Waals surface area (Å²) in [6.07, 6.45) is -3.92. The van der Waals surface area contributed by atoms with Gasteiger partial charge < -0.3 is 10.5 Å². The molecule has 0 aromatic rings. The molecule has 0 saturated carbocycles. The highest BCUT2D eigenvalue weighted by atomic mass is 32.2. The smallest absolute Gasteiger partial charge is 0.372 e. The molecule has 0 aromatic carbocycles. The molecule has 0 atom stereocenters. The summed E-state index contributed by atoms with van der Waals surface area (Å²) in [5.74, 6) is -0.187. The Labute approximate surface area is 92.9 Å². The van der Waals surface area contributed by atoms with Crippen molar-refractivity contribution in [1.82, 2.24) is 0 Å². The fourth-order valence-corrected chi connectivity index (χ4v) is 2.34. The molecule has 2 N–H and O–H groups in total. The predicted octanol–water partition coefficient (Wildman–Crippen LogP) is 0.719. The first kappa shape index (κ1) is 15.7. The SMILES string of the molecule is NCCCS(=O)(=O)CCCOCC(F)(F)F. The van der Waals surface area contributed by atoms with E-state index in [1.807, 2.05) is 0 Å². The van der Waals surface area contributed by atoms with Crippen LogP contribution in [0.15, 0.2) is 0 Å². The van der Waals surface area contributed by atoms with Gasteiger partial charge in [-0.15, -0.1) is 0 Å². The van der Waals surface area contributed by atoms with E-state index in [0.717, 1.165) is 0 Å². The number of alkyl halides is 3. The van der Waals surface area contributed by atoms with Crippen LogP contribution in [-0.4, -0.2) is 45.9 Å². The van der Waals surface area contributed by atoms with Crippen LogP contribution in [0.25, 0.3) is 0 Å². The first-order valence-electron chi connectivity index (χ1n) is 4.82. The number of hydrogen-bond acceptors (Lipinski definition) is 4. The summed E-state index contributed by atoms with van der Waals surface area (Å²) in [7, 11) is -3.20. The van der Waals surface area contributed by atoms with E-state index in [1.54, 1.807) is 0 Å². The van der Waals surface area contributed by atoms with Crippen LogP contribution in [0.3, 0.4) is 0 Å². The minimum Gasteiger partial charge on any atom is -0.372 e. The number of nitrogens with two attached hydrogens (primary N) is 1. The van der Waals surface area contributed by atoms with Crippen LogP contribution in [0.4, 0.5) is 13.2 Å². The van der Waals surface area contributed by atoms with Gasteiger partial charge in [-0.3, -0.25) is 0 Å². The van der Waals surface area contributed by atoms with Crippen LogP contribution < -0.4 is 5.73 Å².